The van der Waals surface area contributed by atoms with E-state index in [4.69, 9.17) is 14.2 Å². The molecule has 1 amide bonds. The zero-order valence-electron chi connectivity index (χ0n) is 14.7. The average molecular weight is 329 g/mol. The number of rotatable bonds is 6. The van der Waals surface area contributed by atoms with Crippen LogP contribution in [-0.2, 0) is 5.54 Å². The van der Waals surface area contributed by atoms with Gasteiger partial charge in [0.05, 0.1) is 26.9 Å². The molecule has 0 heterocycles. The van der Waals surface area contributed by atoms with Crippen LogP contribution in [0, 0.1) is 0 Å². The first kappa shape index (κ1) is 17.7. The fourth-order valence-corrected chi connectivity index (χ4v) is 2.37. The van der Waals surface area contributed by atoms with E-state index in [-0.39, 0.29) is 5.91 Å². The largest absolute Gasteiger partial charge is 0.497 e. The number of hydrogen-bond acceptors (Lipinski definition) is 4. The Morgan fingerprint density at radius 3 is 1.79 bits per heavy atom. The van der Waals surface area contributed by atoms with E-state index >= 15 is 0 Å². The lowest BCUT2D eigenvalue weighted by molar-refractivity contribution is 0.0911. The number of hydrogen-bond donors (Lipinski definition) is 1. The second-order valence-electron chi connectivity index (χ2n) is 5.91. The lowest BCUT2D eigenvalue weighted by Gasteiger charge is -2.27. The average Bonchev–Trinajstić information content (AvgIpc) is 2.60. The molecule has 0 aromatic heterocycles. The smallest absolute Gasteiger partial charge is 0.252 e. The predicted molar refractivity (Wildman–Crippen MR) is 93.0 cm³/mol. The van der Waals surface area contributed by atoms with Gasteiger partial charge in [0.1, 0.15) is 17.2 Å². The van der Waals surface area contributed by atoms with E-state index in [0.717, 1.165) is 11.3 Å². The van der Waals surface area contributed by atoms with Crippen LogP contribution in [-0.4, -0.2) is 27.2 Å². The van der Waals surface area contributed by atoms with E-state index in [1.54, 1.807) is 39.5 Å². The van der Waals surface area contributed by atoms with Crippen LogP contribution < -0.4 is 19.5 Å². The van der Waals surface area contributed by atoms with Crippen molar-refractivity contribution < 1.29 is 19.0 Å². The molecule has 0 atom stereocenters. The Morgan fingerprint density at radius 2 is 1.33 bits per heavy atom. The summed E-state index contributed by atoms with van der Waals surface area (Å²) in [5.41, 5.74) is 0.916. The molecule has 0 aliphatic heterocycles. The third-order valence-electron chi connectivity index (χ3n) is 3.85. The summed E-state index contributed by atoms with van der Waals surface area (Å²) in [4.78, 5) is 12.6. The van der Waals surface area contributed by atoms with Crippen LogP contribution in [0.4, 0.5) is 0 Å². The summed E-state index contributed by atoms with van der Waals surface area (Å²) in [5.74, 6) is 1.72. The molecule has 0 bridgehead atoms. The van der Waals surface area contributed by atoms with Gasteiger partial charge in [-0.3, -0.25) is 4.79 Å². The summed E-state index contributed by atoms with van der Waals surface area (Å²) < 4.78 is 15.6. The summed E-state index contributed by atoms with van der Waals surface area (Å²) in [6.07, 6.45) is 0. The number of ether oxygens (including phenoxy) is 3. The summed E-state index contributed by atoms with van der Waals surface area (Å²) in [5, 5.41) is 3.04. The van der Waals surface area contributed by atoms with Gasteiger partial charge in [-0.1, -0.05) is 12.1 Å². The minimum absolute atomic E-state index is 0.201. The van der Waals surface area contributed by atoms with Crippen molar-refractivity contribution in [2.24, 2.45) is 0 Å². The highest BCUT2D eigenvalue weighted by Crippen LogP contribution is 2.26. The zero-order valence-corrected chi connectivity index (χ0v) is 14.7. The maximum atomic E-state index is 12.6. The maximum Gasteiger partial charge on any atom is 0.252 e. The fourth-order valence-electron chi connectivity index (χ4n) is 2.37. The van der Waals surface area contributed by atoms with Gasteiger partial charge in [0.2, 0.25) is 0 Å². The van der Waals surface area contributed by atoms with Crippen molar-refractivity contribution in [2.45, 2.75) is 19.4 Å². The van der Waals surface area contributed by atoms with Crippen LogP contribution in [0.2, 0.25) is 0 Å². The lowest BCUT2D eigenvalue weighted by atomic mass is 9.93. The van der Waals surface area contributed by atoms with E-state index < -0.39 is 5.54 Å². The molecule has 0 aliphatic carbocycles. The van der Waals surface area contributed by atoms with Gasteiger partial charge >= 0.3 is 0 Å². The summed E-state index contributed by atoms with van der Waals surface area (Å²) in [6.45, 7) is 3.90. The van der Waals surface area contributed by atoms with Gasteiger partial charge in [0.25, 0.3) is 5.91 Å². The molecule has 0 aliphatic rings. The highest BCUT2D eigenvalue weighted by atomic mass is 16.5. The van der Waals surface area contributed by atoms with Crippen molar-refractivity contribution >= 4 is 5.91 Å². The summed E-state index contributed by atoms with van der Waals surface area (Å²) >= 11 is 0. The van der Waals surface area contributed by atoms with Crippen LogP contribution in [0.15, 0.2) is 42.5 Å². The molecule has 0 fully saturated rings. The Labute approximate surface area is 142 Å². The zero-order chi connectivity index (χ0) is 17.7. The minimum Gasteiger partial charge on any atom is -0.497 e. The number of benzene rings is 2. The number of nitrogens with one attached hydrogen (secondary N) is 1. The predicted octanol–water partition coefficient (Wildman–Crippen LogP) is 3.38. The Hall–Kier alpha value is -2.69. The Bertz CT molecular complexity index is 686. The highest BCUT2D eigenvalue weighted by Gasteiger charge is 2.24. The van der Waals surface area contributed by atoms with E-state index in [9.17, 15) is 4.79 Å². The number of carbonyl (C=O) groups is 1. The van der Waals surface area contributed by atoms with E-state index in [0.29, 0.717) is 17.1 Å². The third kappa shape index (κ3) is 3.98. The van der Waals surface area contributed by atoms with E-state index in [1.807, 2.05) is 38.1 Å². The topological polar surface area (TPSA) is 56.8 Å². The molecule has 1 N–H and O–H groups in total. The standard InChI is InChI=1S/C19H23NO4/c1-19(2,14-6-8-15(22-3)9-7-14)20-18(21)13-10-16(23-4)12-17(11-13)24-5/h6-12H,1-5H3,(H,20,21). The van der Waals surface area contributed by atoms with Crippen LogP contribution in [0.5, 0.6) is 17.2 Å². The molecule has 5 heteroatoms. The molecule has 5 nitrogen and oxygen atoms in total. The van der Waals surface area contributed by atoms with Gasteiger partial charge in [0.15, 0.2) is 0 Å². The lowest BCUT2D eigenvalue weighted by Crippen LogP contribution is -2.41. The molecule has 2 aromatic rings. The fraction of sp³-hybridized carbons (Fsp3) is 0.316. The molecule has 0 saturated carbocycles. The van der Waals surface area contributed by atoms with Gasteiger partial charge in [0, 0.05) is 11.6 Å². The SMILES string of the molecule is COc1ccc(C(C)(C)NC(=O)c2cc(OC)cc(OC)c2)cc1. The van der Waals surface area contributed by atoms with Crippen molar-refractivity contribution in [2.75, 3.05) is 21.3 Å². The van der Waals surface area contributed by atoms with Gasteiger partial charge in [-0.05, 0) is 43.7 Å². The van der Waals surface area contributed by atoms with Crippen molar-refractivity contribution in [1.29, 1.82) is 0 Å². The van der Waals surface area contributed by atoms with Crippen molar-refractivity contribution in [3.8, 4) is 17.2 Å². The minimum atomic E-state index is -0.542. The Kier molecular flexibility index (Phi) is 5.34. The van der Waals surface area contributed by atoms with Crippen molar-refractivity contribution in [1.82, 2.24) is 5.32 Å². The molecule has 2 aromatic carbocycles. The van der Waals surface area contributed by atoms with Crippen molar-refractivity contribution in [3.63, 3.8) is 0 Å². The summed E-state index contributed by atoms with van der Waals surface area (Å²) in [6, 6.07) is 12.7. The van der Waals surface area contributed by atoms with E-state index in [1.165, 1.54) is 0 Å². The molecule has 0 unspecified atom stereocenters. The normalized spacial score (nSPS) is 10.9. The molecule has 0 saturated heterocycles. The van der Waals surface area contributed by atoms with Gasteiger partial charge < -0.3 is 19.5 Å². The third-order valence-corrected chi connectivity index (χ3v) is 3.85. The molecule has 128 valence electrons. The summed E-state index contributed by atoms with van der Waals surface area (Å²) in [7, 11) is 4.73. The number of methoxy groups -OCH3 is 3. The number of amides is 1. The maximum absolute atomic E-state index is 12.6. The van der Waals surface area contributed by atoms with Gasteiger partial charge in [-0.15, -0.1) is 0 Å². The molecule has 2 rings (SSSR count). The first-order valence-electron chi connectivity index (χ1n) is 7.59. The first-order chi connectivity index (χ1) is 11.4. The molecule has 24 heavy (non-hydrogen) atoms. The van der Waals surface area contributed by atoms with Gasteiger partial charge in [-0.2, -0.15) is 0 Å². The quantitative estimate of drug-likeness (QED) is 0.883. The van der Waals surface area contributed by atoms with E-state index in [2.05, 4.69) is 5.32 Å². The highest BCUT2D eigenvalue weighted by molar-refractivity contribution is 5.95. The van der Waals surface area contributed by atoms with Crippen LogP contribution in [0.3, 0.4) is 0 Å². The number of carbonyl (C=O) groups excluding carboxylic acids is 1. The second-order valence-corrected chi connectivity index (χ2v) is 5.91. The molecule has 0 radical (unpaired) electrons. The Balaban J connectivity index is 2.23. The first-order valence-corrected chi connectivity index (χ1v) is 7.59. The second kappa shape index (κ2) is 7.25. The van der Waals surface area contributed by atoms with Crippen LogP contribution >= 0.6 is 0 Å². The molecular weight excluding hydrogens is 306 g/mol. The van der Waals surface area contributed by atoms with Crippen LogP contribution in [0.25, 0.3) is 0 Å². The Morgan fingerprint density at radius 1 is 0.833 bits per heavy atom. The monoisotopic (exact) mass is 329 g/mol. The van der Waals surface area contributed by atoms with Gasteiger partial charge in [-0.25, -0.2) is 0 Å². The van der Waals surface area contributed by atoms with Crippen LogP contribution in [0.1, 0.15) is 29.8 Å². The van der Waals surface area contributed by atoms with Crippen molar-refractivity contribution in [3.05, 3.63) is 53.6 Å². The molecule has 0 spiro atoms. The molecular formula is C19H23NO4.